The lowest BCUT2D eigenvalue weighted by molar-refractivity contribution is -0.142. The summed E-state index contributed by atoms with van der Waals surface area (Å²) in [6, 6.07) is 2.76. The van der Waals surface area contributed by atoms with Crippen LogP contribution in [0, 0.1) is 5.92 Å². The number of benzene rings is 1. The Morgan fingerprint density at radius 3 is 2.57 bits per heavy atom. The first-order valence-electron chi connectivity index (χ1n) is 7.21. The zero-order valence-electron chi connectivity index (χ0n) is 12.2. The van der Waals surface area contributed by atoms with E-state index < -0.39 is 21.9 Å². The number of carbonyl (C=O) groups is 1. The predicted molar refractivity (Wildman–Crippen MR) is 81.6 cm³/mol. The van der Waals surface area contributed by atoms with Crippen molar-refractivity contribution in [3.05, 3.63) is 17.2 Å². The highest BCUT2D eigenvalue weighted by Gasteiger charge is 2.35. The van der Waals surface area contributed by atoms with Crippen molar-refractivity contribution in [3.8, 4) is 11.5 Å². The fraction of sp³-hybridized carbons (Fsp3) is 0.500. The zero-order chi connectivity index (χ0) is 16.6. The van der Waals surface area contributed by atoms with E-state index in [4.69, 9.17) is 26.2 Å². The molecule has 1 N–H and O–H groups in total. The molecule has 0 aromatic heterocycles. The van der Waals surface area contributed by atoms with E-state index in [0.717, 1.165) is 0 Å². The third kappa shape index (κ3) is 3.11. The molecule has 0 amide bonds. The Morgan fingerprint density at radius 1 is 1.26 bits per heavy atom. The summed E-state index contributed by atoms with van der Waals surface area (Å²) in [7, 11) is -3.89. The maximum absolute atomic E-state index is 12.8. The number of piperidine rings is 1. The molecular weight excluding hydrogens is 346 g/mol. The molecule has 1 unspecified atom stereocenters. The van der Waals surface area contributed by atoms with Crippen LogP contribution in [0.4, 0.5) is 0 Å². The van der Waals surface area contributed by atoms with E-state index in [1.165, 1.54) is 16.4 Å². The predicted octanol–water partition coefficient (Wildman–Crippen LogP) is 1.60. The summed E-state index contributed by atoms with van der Waals surface area (Å²) in [5.41, 5.74) is 0. The van der Waals surface area contributed by atoms with Crippen molar-refractivity contribution < 1.29 is 27.8 Å². The quantitative estimate of drug-likeness (QED) is 0.878. The lowest BCUT2D eigenvalue weighted by Gasteiger charge is -2.30. The van der Waals surface area contributed by atoms with Crippen LogP contribution in [0.5, 0.6) is 11.5 Å². The topological polar surface area (TPSA) is 93.1 Å². The van der Waals surface area contributed by atoms with E-state index in [0.29, 0.717) is 37.6 Å². The summed E-state index contributed by atoms with van der Waals surface area (Å²) in [6.45, 7) is 0.931. The average molecular weight is 362 g/mol. The number of ether oxygens (including phenoxy) is 2. The molecule has 0 aliphatic carbocycles. The number of sulfonamides is 1. The number of rotatable bonds is 3. The molecule has 1 aromatic carbocycles. The Morgan fingerprint density at radius 2 is 1.91 bits per heavy atom. The van der Waals surface area contributed by atoms with Crippen molar-refractivity contribution in [2.45, 2.75) is 17.7 Å². The first-order valence-corrected chi connectivity index (χ1v) is 9.03. The molecule has 23 heavy (non-hydrogen) atoms. The van der Waals surface area contributed by atoms with Crippen molar-refractivity contribution in [2.24, 2.45) is 5.92 Å². The van der Waals surface area contributed by atoms with Gasteiger partial charge in [0, 0.05) is 25.2 Å². The molecular formula is C14H16ClNO6S. The molecule has 3 rings (SSSR count). The van der Waals surface area contributed by atoms with E-state index >= 15 is 0 Å². The molecule has 2 aliphatic heterocycles. The smallest absolute Gasteiger partial charge is 0.307 e. The number of fused-ring (bicyclic) bond motifs is 1. The highest BCUT2D eigenvalue weighted by atomic mass is 35.5. The second-order valence-corrected chi connectivity index (χ2v) is 7.78. The van der Waals surface area contributed by atoms with Gasteiger partial charge in [0.25, 0.3) is 0 Å². The van der Waals surface area contributed by atoms with Crippen LogP contribution in [0.25, 0.3) is 0 Å². The maximum atomic E-state index is 12.8. The van der Waals surface area contributed by atoms with Crippen LogP contribution in [-0.4, -0.2) is 50.1 Å². The van der Waals surface area contributed by atoms with Crippen molar-refractivity contribution in [3.63, 3.8) is 0 Å². The van der Waals surface area contributed by atoms with Crippen LogP contribution in [0.1, 0.15) is 12.8 Å². The minimum absolute atomic E-state index is 0.0340. The number of carboxylic acids is 1. The lowest BCUT2D eigenvalue weighted by Crippen LogP contribution is -2.42. The summed E-state index contributed by atoms with van der Waals surface area (Å²) in [4.78, 5) is 11.0. The van der Waals surface area contributed by atoms with Gasteiger partial charge in [-0.2, -0.15) is 4.31 Å². The first kappa shape index (κ1) is 16.4. The van der Waals surface area contributed by atoms with Crippen LogP contribution in [0.3, 0.4) is 0 Å². The van der Waals surface area contributed by atoms with Gasteiger partial charge in [-0.1, -0.05) is 11.6 Å². The first-order chi connectivity index (χ1) is 10.9. The third-order valence-electron chi connectivity index (χ3n) is 3.95. The van der Waals surface area contributed by atoms with Crippen LogP contribution in [-0.2, 0) is 14.8 Å². The summed E-state index contributed by atoms with van der Waals surface area (Å²) in [6.07, 6.45) is 0.967. The Hall–Kier alpha value is -1.51. The zero-order valence-corrected chi connectivity index (χ0v) is 13.8. The van der Waals surface area contributed by atoms with Crippen LogP contribution in [0.2, 0.25) is 5.02 Å². The minimum atomic E-state index is -3.89. The van der Waals surface area contributed by atoms with Crippen molar-refractivity contribution in [1.29, 1.82) is 0 Å². The lowest BCUT2D eigenvalue weighted by atomic mass is 10.0. The normalized spacial score (nSPS) is 21.9. The number of carboxylic acid groups (broad SMARTS) is 1. The monoisotopic (exact) mass is 361 g/mol. The SMILES string of the molecule is O=C(O)C1CCCN(S(=O)(=O)c2cc3c(cc2Cl)OCCO3)C1. The van der Waals surface area contributed by atoms with Gasteiger partial charge < -0.3 is 14.6 Å². The van der Waals surface area contributed by atoms with Crippen LogP contribution >= 0.6 is 11.6 Å². The van der Waals surface area contributed by atoms with Gasteiger partial charge in [0.2, 0.25) is 10.0 Å². The van der Waals surface area contributed by atoms with E-state index in [9.17, 15) is 13.2 Å². The molecule has 1 fully saturated rings. The van der Waals surface area contributed by atoms with Crippen molar-refractivity contribution >= 4 is 27.6 Å². The summed E-state index contributed by atoms with van der Waals surface area (Å²) in [5, 5.41) is 9.15. The molecule has 1 atom stereocenters. The minimum Gasteiger partial charge on any atom is -0.486 e. The van der Waals surface area contributed by atoms with E-state index in [1.807, 2.05) is 0 Å². The van der Waals surface area contributed by atoms with Crippen molar-refractivity contribution in [2.75, 3.05) is 26.3 Å². The van der Waals surface area contributed by atoms with Crippen LogP contribution in [0.15, 0.2) is 17.0 Å². The molecule has 0 saturated carbocycles. The summed E-state index contributed by atoms with van der Waals surface area (Å²) >= 11 is 6.11. The van der Waals surface area contributed by atoms with Gasteiger partial charge in [-0.05, 0) is 12.8 Å². The second-order valence-electron chi connectivity index (χ2n) is 5.47. The summed E-state index contributed by atoms with van der Waals surface area (Å²) in [5.74, 6) is -0.957. The molecule has 2 heterocycles. The standard InChI is InChI=1S/C14H16ClNO6S/c15-10-6-11-12(22-5-4-21-11)7-13(10)23(19,20)16-3-1-2-9(8-16)14(17)18/h6-7,9H,1-5,8H2,(H,17,18). The molecule has 9 heteroatoms. The Balaban J connectivity index is 1.94. The highest BCUT2D eigenvalue weighted by Crippen LogP contribution is 2.38. The molecule has 0 spiro atoms. The molecule has 7 nitrogen and oxygen atoms in total. The van der Waals surface area contributed by atoms with Gasteiger partial charge in [0.1, 0.15) is 18.1 Å². The largest absolute Gasteiger partial charge is 0.486 e. The van der Waals surface area contributed by atoms with Crippen LogP contribution < -0.4 is 9.47 Å². The maximum Gasteiger partial charge on any atom is 0.307 e. The molecule has 0 radical (unpaired) electrons. The number of halogens is 1. The number of aliphatic carboxylic acids is 1. The van der Waals surface area contributed by atoms with E-state index in [-0.39, 0.29) is 23.0 Å². The van der Waals surface area contributed by atoms with Gasteiger partial charge >= 0.3 is 5.97 Å². The fourth-order valence-electron chi connectivity index (χ4n) is 2.74. The summed E-state index contributed by atoms with van der Waals surface area (Å²) < 4.78 is 37.6. The fourth-order valence-corrected chi connectivity index (χ4v) is 4.78. The Labute approximate surface area is 138 Å². The van der Waals surface area contributed by atoms with Gasteiger partial charge in [-0.3, -0.25) is 4.79 Å². The van der Waals surface area contributed by atoms with Crippen molar-refractivity contribution in [1.82, 2.24) is 4.31 Å². The number of hydrogen-bond acceptors (Lipinski definition) is 5. The molecule has 2 aliphatic rings. The van der Waals surface area contributed by atoms with E-state index in [2.05, 4.69) is 0 Å². The molecule has 0 bridgehead atoms. The highest BCUT2D eigenvalue weighted by molar-refractivity contribution is 7.89. The molecule has 1 aromatic rings. The third-order valence-corrected chi connectivity index (χ3v) is 6.28. The molecule has 126 valence electrons. The van der Waals surface area contributed by atoms with Gasteiger partial charge in [-0.15, -0.1) is 0 Å². The van der Waals surface area contributed by atoms with Gasteiger partial charge in [-0.25, -0.2) is 8.42 Å². The second kappa shape index (κ2) is 6.18. The molecule has 1 saturated heterocycles. The Kier molecular flexibility index (Phi) is 4.39. The van der Waals surface area contributed by atoms with Gasteiger partial charge in [0.05, 0.1) is 10.9 Å². The number of nitrogens with zero attached hydrogens (tertiary/aromatic N) is 1. The number of hydrogen-bond donors (Lipinski definition) is 1. The van der Waals surface area contributed by atoms with Gasteiger partial charge in [0.15, 0.2) is 11.5 Å². The average Bonchev–Trinajstić information content (AvgIpc) is 2.54. The Bertz CT molecular complexity index is 735. The van der Waals surface area contributed by atoms with E-state index in [1.54, 1.807) is 0 Å².